The van der Waals surface area contributed by atoms with Crippen LogP contribution in [0.15, 0.2) is 48.1 Å². The molecule has 0 spiro atoms. The van der Waals surface area contributed by atoms with Crippen molar-refractivity contribution in [2.24, 2.45) is 0 Å². The number of allylic oxidation sites excluding steroid dienone is 1. The van der Waals surface area contributed by atoms with Crippen LogP contribution < -0.4 is 9.47 Å². The number of hydrogen-bond acceptors (Lipinski definition) is 6. The van der Waals surface area contributed by atoms with Crippen LogP contribution in [0.5, 0.6) is 11.5 Å². The van der Waals surface area contributed by atoms with Crippen LogP contribution in [0.4, 0.5) is 0 Å². The van der Waals surface area contributed by atoms with Crippen LogP contribution in [-0.4, -0.2) is 24.2 Å². The molecule has 0 bridgehead atoms. The summed E-state index contributed by atoms with van der Waals surface area (Å²) in [6, 6.07) is 11.6. The fourth-order valence-corrected chi connectivity index (χ4v) is 3.09. The molecular formula is C19H15N3O2S. The molecule has 0 saturated carbocycles. The summed E-state index contributed by atoms with van der Waals surface area (Å²) in [5, 5.41) is 12.0. The minimum atomic E-state index is 0.504. The molecule has 3 rings (SSSR count). The Morgan fingerprint density at radius 2 is 2.04 bits per heavy atom. The van der Waals surface area contributed by atoms with Crippen LogP contribution in [0.25, 0.3) is 22.9 Å². The largest absolute Gasteiger partial charge is 0.493 e. The van der Waals surface area contributed by atoms with Gasteiger partial charge in [0.15, 0.2) is 11.5 Å². The molecule has 0 N–H and O–H groups in total. The van der Waals surface area contributed by atoms with Crippen LogP contribution in [0.2, 0.25) is 0 Å². The van der Waals surface area contributed by atoms with Gasteiger partial charge in [-0.25, -0.2) is 4.98 Å². The maximum Gasteiger partial charge on any atom is 0.161 e. The van der Waals surface area contributed by atoms with Crippen LogP contribution in [0.3, 0.4) is 0 Å². The molecule has 0 saturated heterocycles. The molecule has 124 valence electrons. The molecule has 0 unspecified atom stereocenters. The van der Waals surface area contributed by atoms with Gasteiger partial charge in [-0.2, -0.15) is 5.26 Å². The van der Waals surface area contributed by atoms with Crippen molar-refractivity contribution in [3.63, 3.8) is 0 Å². The first kappa shape index (κ1) is 16.7. The molecule has 0 aliphatic heterocycles. The number of hydrogen-bond donors (Lipinski definition) is 0. The van der Waals surface area contributed by atoms with Crippen molar-refractivity contribution >= 4 is 23.0 Å². The van der Waals surface area contributed by atoms with E-state index in [2.05, 4.69) is 16.0 Å². The monoisotopic (exact) mass is 349 g/mol. The molecule has 3 aromatic rings. The third-order valence-corrected chi connectivity index (χ3v) is 4.41. The average molecular weight is 349 g/mol. The first-order valence-electron chi connectivity index (χ1n) is 7.45. The highest BCUT2D eigenvalue weighted by Crippen LogP contribution is 2.33. The van der Waals surface area contributed by atoms with Gasteiger partial charge in [0.1, 0.15) is 11.1 Å². The van der Waals surface area contributed by atoms with Gasteiger partial charge in [0.05, 0.1) is 25.5 Å². The predicted octanol–water partition coefficient (Wildman–Crippen LogP) is 4.29. The summed E-state index contributed by atoms with van der Waals surface area (Å²) in [6.07, 6.45) is 5.19. The molecule has 2 heterocycles. The zero-order chi connectivity index (χ0) is 17.6. The molecule has 6 heteroatoms. The van der Waals surface area contributed by atoms with E-state index in [1.54, 1.807) is 32.7 Å². The summed E-state index contributed by atoms with van der Waals surface area (Å²) >= 11 is 1.43. The van der Waals surface area contributed by atoms with Gasteiger partial charge >= 0.3 is 0 Å². The van der Waals surface area contributed by atoms with Crippen LogP contribution in [-0.2, 0) is 0 Å². The van der Waals surface area contributed by atoms with Crippen molar-refractivity contribution in [1.82, 2.24) is 9.97 Å². The van der Waals surface area contributed by atoms with E-state index < -0.39 is 0 Å². The summed E-state index contributed by atoms with van der Waals surface area (Å²) < 4.78 is 10.6. The minimum Gasteiger partial charge on any atom is -0.493 e. The highest BCUT2D eigenvalue weighted by Gasteiger charge is 2.11. The second kappa shape index (κ2) is 7.60. The van der Waals surface area contributed by atoms with Crippen molar-refractivity contribution in [2.45, 2.75) is 0 Å². The number of thiazole rings is 1. The second-order valence-electron chi connectivity index (χ2n) is 5.06. The number of methoxy groups -OCH3 is 2. The lowest BCUT2D eigenvalue weighted by Crippen LogP contribution is -1.91. The van der Waals surface area contributed by atoms with Gasteiger partial charge in [0.25, 0.3) is 0 Å². The van der Waals surface area contributed by atoms with Crippen molar-refractivity contribution < 1.29 is 9.47 Å². The van der Waals surface area contributed by atoms with Crippen LogP contribution in [0.1, 0.15) is 10.6 Å². The van der Waals surface area contributed by atoms with Gasteiger partial charge in [0, 0.05) is 23.3 Å². The summed E-state index contributed by atoms with van der Waals surface area (Å²) in [4.78, 5) is 8.65. The maximum atomic E-state index is 9.46. The zero-order valence-electron chi connectivity index (χ0n) is 13.8. The van der Waals surface area contributed by atoms with Crippen molar-refractivity contribution in [1.29, 1.82) is 5.26 Å². The molecular weight excluding hydrogens is 334 g/mol. The normalized spacial score (nSPS) is 11.0. The Morgan fingerprint density at radius 1 is 1.20 bits per heavy atom. The van der Waals surface area contributed by atoms with E-state index in [-0.39, 0.29) is 0 Å². The van der Waals surface area contributed by atoms with Crippen molar-refractivity contribution in [3.8, 4) is 28.8 Å². The summed E-state index contributed by atoms with van der Waals surface area (Å²) in [7, 11) is 3.19. The van der Waals surface area contributed by atoms with Gasteiger partial charge in [-0.15, -0.1) is 11.3 Å². The number of pyridine rings is 1. The first-order valence-corrected chi connectivity index (χ1v) is 8.33. The predicted molar refractivity (Wildman–Crippen MR) is 98.4 cm³/mol. The van der Waals surface area contributed by atoms with E-state index in [0.717, 1.165) is 16.8 Å². The Morgan fingerprint density at radius 3 is 2.72 bits per heavy atom. The summed E-state index contributed by atoms with van der Waals surface area (Å²) in [5.74, 6) is 1.30. The number of benzene rings is 1. The van der Waals surface area contributed by atoms with Gasteiger partial charge < -0.3 is 9.47 Å². The molecule has 0 radical (unpaired) electrons. The van der Waals surface area contributed by atoms with E-state index in [0.29, 0.717) is 22.1 Å². The maximum absolute atomic E-state index is 9.46. The van der Waals surface area contributed by atoms with Crippen molar-refractivity contribution in [3.05, 3.63) is 58.7 Å². The average Bonchev–Trinajstić information content (AvgIpc) is 3.16. The molecule has 1 aromatic carbocycles. The van der Waals surface area contributed by atoms with Crippen molar-refractivity contribution in [2.75, 3.05) is 14.2 Å². The molecule has 25 heavy (non-hydrogen) atoms. The van der Waals surface area contributed by atoms with E-state index in [1.807, 2.05) is 35.7 Å². The van der Waals surface area contributed by atoms with Gasteiger partial charge in [-0.1, -0.05) is 6.07 Å². The number of nitriles is 1. The summed E-state index contributed by atoms with van der Waals surface area (Å²) in [6.45, 7) is 0. The zero-order valence-corrected chi connectivity index (χ0v) is 14.6. The van der Waals surface area contributed by atoms with E-state index in [1.165, 1.54) is 11.3 Å². The lowest BCUT2D eigenvalue weighted by Gasteiger charge is -2.08. The summed E-state index contributed by atoms with van der Waals surface area (Å²) in [5.41, 5.74) is 3.05. The molecule has 2 aromatic heterocycles. The molecule has 5 nitrogen and oxygen atoms in total. The quantitative estimate of drug-likeness (QED) is 0.643. The van der Waals surface area contributed by atoms with E-state index in [9.17, 15) is 5.26 Å². The number of nitrogens with zero attached hydrogens (tertiary/aromatic N) is 3. The highest BCUT2D eigenvalue weighted by molar-refractivity contribution is 7.11. The fraction of sp³-hybridized carbons (Fsp3) is 0.105. The number of ether oxygens (including phenoxy) is 2. The van der Waals surface area contributed by atoms with Gasteiger partial charge in [0.2, 0.25) is 0 Å². The van der Waals surface area contributed by atoms with E-state index >= 15 is 0 Å². The number of aromatic nitrogens is 2. The third kappa shape index (κ3) is 3.67. The Kier molecular flexibility index (Phi) is 5.07. The fourth-order valence-electron chi connectivity index (χ4n) is 2.30. The SMILES string of the molecule is COc1ccc(-c2csc(C(C#N)=Cc3cccnc3)n2)cc1OC. The lowest BCUT2D eigenvalue weighted by atomic mass is 10.1. The highest BCUT2D eigenvalue weighted by atomic mass is 32.1. The minimum absolute atomic E-state index is 0.504. The molecule has 0 amide bonds. The lowest BCUT2D eigenvalue weighted by molar-refractivity contribution is 0.355. The third-order valence-electron chi connectivity index (χ3n) is 3.53. The molecule has 0 atom stereocenters. The van der Waals surface area contributed by atoms with Gasteiger partial charge in [-0.05, 0) is 35.9 Å². The standard InChI is InChI=1S/C19H15N3O2S/c1-23-17-6-5-14(9-18(17)24-2)16-12-25-19(22-16)15(10-20)8-13-4-3-7-21-11-13/h3-9,11-12H,1-2H3. The smallest absolute Gasteiger partial charge is 0.161 e. The Hall–Kier alpha value is -3.17. The first-order chi connectivity index (χ1) is 12.2. The second-order valence-corrected chi connectivity index (χ2v) is 5.92. The molecule has 0 aliphatic carbocycles. The van der Waals surface area contributed by atoms with Crippen LogP contribution >= 0.6 is 11.3 Å². The topological polar surface area (TPSA) is 68.0 Å². The van der Waals surface area contributed by atoms with Crippen LogP contribution in [0, 0.1) is 11.3 Å². The van der Waals surface area contributed by atoms with E-state index in [4.69, 9.17) is 9.47 Å². The number of rotatable bonds is 5. The van der Waals surface area contributed by atoms with Gasteiger partial charge in [-0.3, -0.25) is 4.98 Å². The molecule has 0 aliphatic rings. The molecule has 0 fully saturated rings. The Bertz CT molecular complexity index is 943. The Balaban J connectivity index is 1.94. The Labute approximate surface area is 149 Å².